The van der Waals surface area contributed by atoms with Crippen LogP contribution in [0.25, 0.3) is 30.6 Å². The van der Waals surface area contributed by atoms with Crippen molar-refractivity contribution in [3.63, 3.8) is 0 Å². The van der Waals surface area contributed by atoms with Crippen LogP contribution in [0, 0.1) is 20.8 Å². The summed E-state index contributed by atoms with van der Waals surface area (Å²) in [5.41, 5.74) is 6.34. The molecule has 0 aliphatic carbocycles. The summed E-state index contributed by atoms with van der Waals surface area (Å²) in [6.07, 6.45) is 0.656. The number of methoxy groups -OCH3 is 1. The molecule has 0 fully saturated rings. The van der Waals surface area contributed by atoms with Crippen LogP contribution in [0.5, 0.6) is 5.75 Å². The Hall–Kier alpha value is -5.06. The van der Waals surface area contributed by atoms with E-state index < -0.39 is 0 Å². The Morgan fingerprint density at radius 2 is 0.926 bits per heavy atom. The van der Waals surface area contributed by atoms with Gasteiger partial charge in [0.15, 0.2) is 0 Å². The van der Waals surface area contributed by atoms with Gasteiger partial charge in [-0.1, -0.05) is 99.9 Å². The first-order valence-electron chi connectivity index (χ1n) is 20.4. The lowest BCUT2D eigenvalue weighted by Crippen LogP contribution is -2.15. The van der Waals surface area contributed by atoms with E-state index in [-0.39, 0.29) is 37.0 Å². The average molecular weight is 1080 g/mol. The number of hydrogen-bond donors (Lipinski definition) is 3. The third-order valence-electron chi connectivity index (χ3n) is 9.78. The third-order valence-corrected chi connectivity index (χ3v) is 14.6. The number of amides is 3. The Labute approximate surface area is 433 Å². The summed E-state index contributed by atoms with van der Waals surface area (Å²) < 4.78 is 8.18. The minimum Gasteiger partial charge on any atom is -0.497 e. The predicted octanol–water partition coefficient (Wildman–Crippen LogP) is 15.3. The van der Waals surface area contributed by atoms with Crippen LogP contribution < -0.4 is 20.7 Å². The minimum absolute atomic E-state index is 0.129. The van der Waals surface area contributed by atoms with Gasteiger partial charge in [-0.2, -0.15) is 0 Å². The molecular formula is C49H38Cl6N6O4S3. The SMILES string of the molecule is COc1cccc(CC(=O)Nc2ccc3sc(C)nc3c2Cl)c1.Cc1nc2c(Cl)c(NC(=O)Cc3ccc(Cl)cc3)ccc2s1.Cc1nc2c(Cl)c(NC(=O)Cc3ccc(Cl)cc3Cl)ccc2s1. The highest BCUT2D eigenvalue weighted by atomic mass is 35.5. The van der Waals surface area contributed by atoms with Crippen molar-refractivity contribution in [2.45, 2.75) is 40.0 Å². The first kappa shape index (κ1) is 50.8. The quantitative estimate of drug-likeness (QED) is 0.124. The molecule has 3 heterocycles. The van der Waals surface area contributed by atoms with E-state index in [0.717, 1.165) is 57.0 Å². The number of halogens is 6. The maximum Gasteiger partial charge on any atom is 0.228 e. The first-order valence-corrected chi connectivity index (χ1v) is 25.1. The topological polar surface area (TPSA) is 135 Å². The van der Waals surface area contributed by atoms with Crippen LogP contribution in [0.3, 0.4) is 0 Å². The van der Waals surface area contributed by atoms with Crippen molar-refractivity contribution < 1.29 is 19.1 Å². The van der Waals surface area contributed by atoms with E-state index >= 15 is 0 Å². The number of nitrogens with zero attached hydrogens (tertiary/aromatic N) is 3. The van der Waals surface area contributed by atoms with Gasteiger partial charge in [-0.05, 0) is 110 Å². The van der Waals surface area contributed by atoms with Gasteiger partial charge in [0.25, 0.3) is 0 Å². The fourth-order valence-corrected chi connectivity index (χ4v) is 10.7. The van der Waals surface area contributed by atoms with Gasteiger partial charge in [-0.25, -0.2) is 15.0 Å². The van der Waals surface area contributed by atoms with Crippen LogP contribution in [0.4, 0.5) is 17.1 Å². The van der Waals surface area contributed by atoms with Crippen LogP contribution in [-0.2, 0) is 33.6 Å². The highest BCUT2D eigenvalue weighted by Crippen LogP contribution is 2.36. The zero-order valence-corrected chi connectivity index (χ0v) is 43.4. The zero-order chi connectivity index (χ0) is 48.6. The zero-order valence-electron chi connectivity index (χ0n) is 36.4. The summed E-state index contributed by atoms with van der Waals surface area (Å²) >= 11 is 41.5. The lowest BCUT2D eigenvalue weighted by atomic mass is 10.1. The van der Waals surface area contributed by atoms with E-state index in [1.165, 1.54) is 0 Å². The summed E-state index contributed by atoms with van der Waals surface area (Å²) in [6.45, 7) is 5.78. The molecular weight excluding hydrogens is 1050 g/mol. The van der Waals surface area contributed by atoms with Crippen molar-refractivity contribution in [3.05, 3.63) is 165 Å². The molecule has 0 atom stereocenters. The number of rotatable bonds is 10. The molecule has 9 aromatic rings. The maximum absolute atomic E-state index is 12.2. The van der Waals surface area contributed by atoms with Gasteiger partial charge in [0.1, 0.15) is 22.3 Å². The number of benzene rings is 6. The molecule has 0 aliphatic heterocycles. The van der Waals surface area contributed by atoms with E-state index in [9.17, 15) is 14.4 Å². The highest BCUT2D eigenvalue weighted by Gasteiger charge is 2.16. The van der Waals surface area contributed by atoms with Crippen molar-refractivity contribution in [3.8, 4) is 5.75 Å². The second kappa shape index (κ2) is 23.0. The summed E-state index contributed by atoms with van der Waals surface area (Å²) in [6, 6.07) is 30.8. The normalized spacial score (nSPS) is 10.9. The number of aromatic nitrogens is 3. The van der Waals surface area contributed by atoms with Crippen LogP contribution in [0.15, 0.2) is 103 Å². The number of carbonyl (C=O) groups excluding carboxylic acids is 3. The summed E-state index contributed by atoms with van der Waals surface area (Å²) in [5, 5.41) is 14.4. The average Bonchev–Trinajstić information content (AvgIpc) is 4.01. The smallest absolute Gasteiger partial charge is 0.228 e. The van der Waals surface area contributed by atoms with Gasteiger partial charge in [-0.3, -0.25) is 14.4 Å². The second-order valence-electron chi connectivity index (χ2n) is 14.9. The molecule has 68 heavy (non-hydrogen) atoms. The number of nitrogens with one attached hydrogen (secondary N) is 3. The summed E-state index contributed by atoms with van der Waals surface area (Å²) in [5.74, 6) is 0.261. The Morgan fingerprint density at radius 3 is 1.37 bits per heavy atom. The van der Waals surface area contributed by atoms with E-state index in [1.54, 1.807) is 77.5 Å². The number of aryl methyl sites for hydroxylation is 3. The van der Waals surface area contributed by atoms with Crippen LogP contribution in [0.1, 0.15) is 31.7 Å². The molecule has 0 radical (unpaired) electrons. The molecule has 0 aliphatic rings. The molecule has 0 saturated heterocycles. The molecule has 3 N–H and O–H groups in total. The molecule has 9 rings (SSSR count). The molecule has 3 aromatic heterocycles. The van der Waals surface area contributed by atoms with Crippen LogP contribution in [0.2, 0.25) is 30.1 Å². The van der Waals surface area contributed by atoms with E-state index in [0.29, 0.717) is 58.3 Å². The van der Waals surface area contributed by atoms with Gasteiger partial charge in [0.05, 0.1) is 87.6 Å². The van der Waals surface area contributed by atoms with Gasteiger partial charge < -0.3 is 20.7 Å². The molecule has 10 nitrogen and oxygen atoms in total. The number of hydrogen-bond acceptors (Lipinski definition) is 10. The molecule has 0 bridgehead atoms. The number of fused-ring (bicyclic) bond motifs is 3. The minimum atomic E-state index is -0.206. The Balaban J connectivity index is 0.000000151. The standard InChI is InChI=1S/C17H15ClN2O2S.C16H11Cl3N2OS.C16H12Cl2N2OS/c1-10-19-17-14(23-10)7-6-13(16(17)18)20-15(21)9-11-4-3-5-12(8-11)22-2;1-8-20-16-13(23-8)5-4-12(15(16)19)21-14(22)6-9-2-3-10(17)7-11(9)18;1-9-19-16-13(22-9)7-6-12(15(16)18)20-14(21)8-10-2-4-11(17)5-3-10/h3-8H,9H2,1-2H3,(H,20,21);2-5,7H,6H2,1H3,(H,21,22);2-7H,8H2,1H3,(H,20,21). The van der Waals surface area contributed by atoms with Gasteiger partial charge in [-0.15, -0.1) is 34.0 Å². The van der Waals surface area contributed by atoms with E-state index in [2.05, 4.69) is 30.9 Å². The van der Waals surface area contributed by atoms with Crippen LogP contribution in [-0.4, -0.2) is 39.8 Å². The first-order chi connectivity index (χ1) is 32.5. The van der Waals surface area contributed by atoms with Gasteiger partial charge >= 0.3 is 0 Å². The molecule has 6 aromatic carbocycles. The fraction of sp³-hybridized carbons (Fsp3) is 0.143. The van der Waals surface area contributed by atoms with E-state index in [1.807, 2.05) is 87.5 Å². The number of thiazole rings is 3. The maximum atomic E-state index is 12.2. The second-order valence-corrected chi connectivity index (χ2v) is 21.0. The Bertz CT molecular complexity index is 3320. The number of carbonyl (C=O) groups is 3. The predicted molar refractivity (Wildman–Crippen MR) is 286 cm³/mol. The Kier molecular flexibility index (Phi) is 17.2. The lowest BCUT2D eigenvalue weighted by molar-refractivity contribution is -0.116. The van der Waals surface area contributed by atoms with Crippen LogP contribution >= 0.6 is 104 Å². The molecule has 348 valence electrons. The molecule has 0 spiro atoms. The lowest BCUT2D eigenvalue weighted by Gasteiger charge is -2.09. The summed E-state index contributed by atoms with van der Waals surface area (Å²) in [4.78, 5) is 49.8. The Morgan fingerprint density at radius 1 is 0.500 bits per heavy atom. The monoisotopic (exact) mass is 1080 g/mol. The fourth-order valence-electron chi connectivity index (χ4n) is 6.68. The van der Waals surface area contributed by atoms with E-state index in [4.69, 9.17) is 74.3 Å². The molecule has 0 unspecified atom stereocenters. The summed E-state index contributed by atoms with van der Waals surface area (Å²) in [7, 11) is 1.60. The number of anilines is 3. The third kappa shape index (κ3) is 13.2. The highest BCUT2D eigenvalue weighted by molar-refractivity contribution is 7.19. The molecule has 3 amide bonds. The van der Waals surface area contributed by atoms with Crippen molar-refractivity contribution >= 4 is 169 Å². The van der Waals surface area contributed by atoms with Crippen molar-refractivity contribution in [1.29, 1.82) is 0 Å². The number of ether oxygens (including phenoxy) is 1. The molecule has 0 saturated carbocycles. The molecule has 19 heteroatoms. The van der Waals surface area contributed by atoms with Crippen molar-refractivity contribution in [2.75, 3.05) is 23.1 Å². The van der Waals surface area contributed by atoms with Gasteiger partial charge in [0, 0.05) is 15.1 Å². The largest absolute Gasteiger partial charge is 0.497 e. The van der Waals surface area contributed by atoms with Crippen molar-refractivity contribution in [2.24, 2.45) is 0 Å². The van der Waals surface area contributed by atoms with Gasteiger partial charge in [0.2, 0.25) is 17.7 Å². The van der Waals surface area contributed by atoms with Crippen molar-refractivity contribution in [1.82, 2.24) is 15.0 Å².